The SMILES string of the molecule is CC.Cc1cnc2c(c1)C1(CC1)CN2. The molecule has 14 heavy (non-hydrogen) atoms. The number of pyridine rings is 1. The minimum absolute atomic E-state index is 0.494. The number of nitrogens with one attached hydrogen (secondary N) is 1. The number of aryl methyl sites for hydroxylation is 1. The normalized spacial score (nSPS) is 19.4. The number of anilines is 1. The summed E-state index contributed by atoms with van der Waals surface area (Å²) in [6.07, 6.45) is 4.63. The van der Waals surface area contributed by atoms with Gasteiger partial charge >= 0.3 is 0 Å². The van der Waals surface area contributed by atoms with Crippen LogP contribution < -0.4 is 5.32 Å². The molecule has 0 bridgehead atoms. The minimum Gasteiger partial charge on any atom is -0.369 e. The third-order valence-electron chi connectivity index (χ3n) is 3.04. The lowest BCUT2D eigenvalue weighted by molar-refractivity contribution is 0.776. The monoisotopic (exact) mass is 190 g/mol. The van der Waals surface area contributed by atoms with E-state index in [1.165, 1.54) is 24.0 Å². The third-order valence-corrected chi connectivity index (χ3v) is 3.04. The molecule has 1 fully saturated rings. The molecule has 76 valence electrons. The zero-order valence-electron chi connectivity index (χ0n) is 9.22. The fraction of sp³-hybridized carbons (Fsp3) is 0.583. The third kappa shape index (κ3) is 1.29. The Hall–Kier alpha value is -1.05. The first-order chi connectivity index (χ1) is 6.80. The lowest BCUT2D eigenvalue weighted by Gasteiger charge is -2.04. The average molecular weight is 190 g/mol. The van der Waals surface area contributed by atoms with E-state index >= 15 is 0 Å². The Morgan fingerprint density at radius 2 is 2.07 bits per heavy atom. The predicted molar refractivity (Wildman–Crippen MR) is 59.7 cm³/mol. The maximum Gasteiger partial charge on any atom is 0.129 e. The Bertz CT molecular complexity index is 340. The van der Waals surface area contributed by atoms with E-state index in [1.54, 1.807) is 0 Å². The molecule has 2 nitrogen and oxygen atoms in total. The highest BCUT2D eigenvalue weighted by Crippen LogP contribution is 2.53. The molecule has 0 unspecified atom stereocenters. The maximum atomic E-state index is 4.38. The second kappa shape index (κ2) is 3.26. The van der Waals surface area contributed by atoms with Crippen LogP contribution in [-0.4, -0.2) is 11.5 Å². The summed E-state index contributed by atoms with van der Waals surface area (Å²) in [7, 11) is 0. The molecule has 2 heterocycles. The Kier molecular flexibility index (Phi) is 2.22. The van der Waals surface area contributed by atoms with E-state index in [1.807, 2.05) is 20.0 Å². The van der Waals surface area contributed by atoms with Crippen molar-refractivity contribution in [2.45, 2.75) is 39.0 Å². The van der Waals surface area contributed by atoms with Gasteiger partial charge in [0.15, 0.2) is 0 Å². The molecule has 1 N–H and O–H groups in total. The molecule has 2 aliphatic rings. The molecule has 1 aliphatic heterocycles. The Labute approximate surface area is 85.7 Å². The summed E-state index contributed by atoms with van der Waals surface area (Å²) in [4.78, 5) is 4.38. The molecule has 1 aromatic rings. The fourth-order valence-corrected chi connectivity index (χ4v) is 2.06. The van der Waals surface area contributed by atoms with E-state index in [2.05, 4.69) is 23.3 Å². The van der Waals surface area contributed by atoms with Crippen LogP contribution in [0.15, 0.2) is 12.3 Å². The lowest BCUT2D eigenvalue weighted by Crippen LogP contribution is -2.08. The Morgan fingerprint density at radius 3 is 2.71 bits per heavy atom. The summed E-state index contributed by atoms with van der Waals surface area (Å²) < 4.78 is 0. The van der Waals surface area contributed by atoms with Crippen molar-refractivity contribution in [3.05, 3.63) is 23.4 Å². The van der Waals surface area contributed by atoms with Crippen LogP contribution in [0.2, 0.25) is 0 Å². The molecule has 3 rings (SSSR count). The first-order valence-electron chi connectivity index (χ1n) is 5.51. The van der Waals surface area contributed by atoms with Gasteiger partial charge in [-0.05, 0) is 25.3 Å². The zero-order chi connectivity index (χ0) is 10.2. The molecule has 0 radical (unpaired) electrons. The van der Waals surface area contributed by atoms with Gasteiger partial charge in [-0.2, -0.15) is 0 Å². The van der Waals surface area contributed by atoms with Gasteiger partial charge in [-0.25, -0.2) is 4.98 Å². The van der Waals surface area contributed by atoms with Gasteiger partial charge < -0.3 is 5.32 Å². The second-order valence-corrected chi connectivity index (χ2v) is 4.04. The van der Waals surface area contributed by atoms with Crippen molar-refractivity contribution in [3.63, 3.8) is 0 Å². The van der Waals surface area contributed by atoms with Gasteiger partial charge in [0.25, 0.3) is 0 Å². The van der Waals surface area contributed by atoms with Crippen molar-refractivity contribution >= 4 is 5.82 Å². The standard InChI is InChI=1S/C10H12N2.C2H6/c1-7-4-8-9(11-5-7)12-6-10(8)2-3-10;1-2/h4-5H,2-3,6H2,1H3,(H,11,12);1-2H3. The quantitative estimate of drug-likeness (QED) is 0.680. The van der Waals surface area contributed by atoms with Crippen molar-refractivity contribution in [2.75, 3.05) is 11.9 Å². The van der Waals surface area contributed by atoms with E-state index in [4.69, 9.17) is 0 Å². The number of nitrogens with zero attached hydrogens (tertiary/aromatic N) is 1. The van der Waals surface area contributed by atoms with Gasteiger partial charge in [-0.15, -0.1) is 0 Å². The number of fused-ring (bicyclic) bond motifs is 2. The van der Waals surface area contributed by atoms with Crippen LogP contribution in [0.25, 0.3) is 0 Å². The smallest absolute Gasteiger partial charge is 0.129 e. The topological polar surface area (TPSA) is 24.9 Å². The van der Waals surface area contributed by atoms with Crippen LogP contribution in [0.3, 0.4) is 0 Å². The summed E-state index contributed by atoms with van der Waals surface area (Å²) in [6, 6.07) is 2.29. The first-order valence-corrected chi connectivity index (χ1v) is 5.51. The van der Waals surface area contributed by atoms with Crippen LogP contribution in [0, 0.1) is 6.92 Å². The summed E-state index contributed by atoms with van der Waals surface area (Å²) in [6.45, 7) is 7.22. The van der Waals surface area contributed by atoms with Crippen LogP contribution in [-0.2, 0) is 5.41 Å². The molecular formula is C12H18N2. The molecule has 0 amide bonds. The van der Waals surface area contributed by atoms with Crippen molar-refractivity contribution in [2.24, 2.45) is 0 Å². The molecule has 2 heteroatoms. The first kappa shape index (κ1) is 9.50. The van der Waals surface area contributed by atoms with E-state index in [9.17, 15) is 0 Å². The zero-order valence-corrected chi connectivity index (χ0v) is 9.22. The summed E-state index contributed by atoms with van der Waals surface area (Å²) in [5.74, 6) is 1.12. The van der Waals surface area contributed by atoms with E-state index in [-0.39, 0.29) is 0 Å². The molecule has 1 saturated carbocycles. The van der Waals surface area contributed by atoms with Crippen molar-refractivity contribution in [1.82, 2.24) is 4.98 Å². The average Bonchev–Trinajstić information content (AvgIpc) is 2.91. The molecular weight excluding hydrogens is 172 g/mol. The van der Waals surface area contributed by atoms with Gasteiger partial charge in [0.2, 0.25) is 0 Å². The number of aromatic nitrogens is 1. The number of hydrogen-bond acceptors (Lipinski definition) is 2. The molecule has 0 aromatic carbocycles. The number of hydrogen-bond donors (Lipinski definition) is 1. The summed E-state index contributed by atoms with van der Waals surface area (Å²) >= 11 is 0. The molecule has 0 atom stereocenters. The van der Waals surface area contributed by atoms with E-state index in [0.29, 0.717) is 5.41 Å². The van der Waals surface area contributed by atoms with Gasteiger partial charge in [0, 0.05) is 23.7 Å². The van der Waals surface area contributed by atoms with E-state index < -0.39 is 0 Å². The van der Waals surface area contributed by atoms with Gasteiger partial charge in [0.1, 0.15) is 5.82 Å². The molecule has 1 aromatic heterocycles. The summed E-state index contributed by atoms with van der Waals surface area (Å²) in [5, 5.41) is 3.37. The molecule has 1 aliphatic carbocycles. The van der Waals surface area contributed by atoms with Crippen molar-refractivity contribution in [1.29, 1.82) is 0 Å². The maximum absolute atomic E-state index is 4.38. The molecule has 1 spiro atoms. The predicted octanol–water partition coefficient (Wildman–Crippen LogP) is 2.87. The summed E-state index contributed by atoms with van der Waals surface area (Å²) in [5.41, 5.74) is 3.24. The van der Waals surface area contributed by atoms with E-state index in [0.717, 1.165) is 12.4 Å². The fourth-order valence-electron chi connectivity index (χ4n) is 2.06. The van der Waals surface area contributed by atoms with Crippen LogP contribution in [0.4, 0.5) is 5.82 Å². The van der Waals surface area contributed by atoms with Crippen molar-refractivity contribution in [3.8, 4) is 0 Å². The van der Waals surface area contributed by atoms with Gasteiger partial charge in [-0.1, -0.05) is 19.9 Å². The lowest BCUT2D eigenvalue weighted by atomic mass is 9.99. The second-order valence-electron chi connectivity index (χ2n) is 4.04. The Morgan fingerprint density at radius 1 is 1.36 bits per heavy atom. The Balaban J connectivity index is 0.000000354. The highest BCUT2D eigenvalue weighted by Gasteiger charge is 2.49. The van der Waals surface area contributed by atoms with Crippen LogP contribution >= 0.6 is 0 Å². The van der Waals surface area contributed by atoms with Gasteiger partial charge in [0.05, 0.1) is 0 Å². The largest absolute Gasteiger partial charge is 0.369 e. The molecule has 0 saturated heterocycles. The van der Waals surface area contributed by atoms with Crippen molar-refractivity contribution < 1.29 is 0 Å². The van der Waals surface area contributed by atoms with Gasteiger partial charge in [-0.3, -0.25) is 0 Å². The highest BCUT2D eigenvalue weighted by atomic mass is 15.0. The van der Waals surface area contributed by atoms with Crippen LogP contribution in [0.1, 0.15) is 37.8 Å². The number of rotatable bonds is 0. The highest BCUT2D eigenvalue weighted by molar-refractivity contribution is 5.58. The minimum atomic E-state index is 0.494. The van der Waals surface area contributed by atoms with Crippen LogP contribution in [0.5, 0.6) is 0 Å².